The zero-order valence-corrected chi connectivity index (χ0v) is 12.2. The summed E-state index contributed by atoms with van der Waals surface area (Å²) in [5.41, 5.74) is -1.32. The number of carbonyl (C=O) groups excluding carboxylic acids is 1. The Kier molecular flexibility index (Phi) is 5.07. The maximum Gasteiger partial charge on any atom is 0.410 e. The molecule has 1 amide bonds. The molecule has 0 bridgehead atoms. The molecule has 1 heterocycles. The fourth-order valence-electron chi connectivity index (χ4n) is 1.88. The molecular weight excluding hydrogens is 246 g/mol. The maximum atomic E-state index is 11.9. The first kappa shape index (κ1) is 15.6. The van der Waals surface area contributed by atoms with E-state index in [9.17, 15) is 9.90 Å². The monoisotopic (exact) mass is 269 g/mol. The van der Waals surface area contributed by atoms with Gasteiger partial charge in [-0.05, 0) is 33.6 Å². The molecule has 0 spiro atoms. The Hall–Kier alpha value is -1.41. The van der Waals surface area contributed by atoms with E-state index in [4.69, 9.17) is 4.74 Å². The van der Waals surface area contributed by atoms with Crippen LogP contribution in [0.1, 0.15) is 40.0 Å². The van der Waals surface area contributed by atoms with E-state index in [0.29, 0.717) is 32.4 Å². The summed E-state index contributed by atoms with van der Waals surface area (Å²) in [6.45, 7) is 6.49. The van der Waals surface area contributed by atoms with Crippen molar-refractivity contribution in [3.8, 4) is 12.0 Å². The first-order valence-corrected chi connectivity index (χ1v) is 6.47. The second kappa shape index (κ2) is 6.16. The van der Waals surface area contributed by atoms with Gasteiger partial charge in [-0.25, -0.2) is 4.79 Å². The minimum atomic E-state index is -0.829. The van der Waals surface area contributed by atoms with Gasteiger partial charge in [0.25, 0.3) is 0 Å². The number of aliphatic hydroxyl groups is 1. The topological polar surface area (TPSA) is 59.0 Å². The van der Waals surface area contributed by atoms with Gasteiger partial charge in [0.1, 0.15) is 11.7 Å². The summed E-state index contributed by atoms with van der Waals surface area (Å²) in [5.74, 6) is 2.77. The van der Waals surface area contributed by atoms with Crippen LogP contribution < -0.4 is 0 Å². The molecule has 0 aromatic rings. The van der Waals surface area contributed by atoms with Crippen molar-refractivity contribution in [2.75, 3.05) is 20.2 Å². The molecule has 0 aliphatic carbocycles. The van der Waals surface area contributed by atoms with Crippen LogP contribution in [-0.2, 0) is 9.47 Å². The highest BCUT2D eigenvalue weighted by atomic mass is 16.6. The molecule has 1 aliphatic rings. The van der Waals surface area contributed by atoms with E-state index < -0.39 is 11.2 Å². The molecule has 108 valence electrons. The number of methoxy groups -OCH3 is 1. The minimum Gasteiger partial charge on any atom is -0.450 e. The summed E-state index contributed by atoms with van der Waals surface area (Å²) >= 11 is 0. The number of piperidine rings is 1. The Labute approximate surface area is 114 Å². The van der Waals surface area contributed by atoms with Gasteiger partial charge in [-0.1, -0.05) is 5.92 Å². The zero-order valence-electron chi connectivity index (χ0n) is 12.2. The van der Waals surface area contributed by atoms with Crippen molar-refractivity contribution in [3.05, 3.63) is 0 Å². The predicted octanol–water partition coefficient (Wildman–Crippen LogP) is 1.75. The van der Waals surface area contributed by atoms with Crippen LogP contribution in [0, 0.1) is 12.0 Å². The summed E-state index contributed by atoms with van der Waals surface area (Å²) in [4.78, 5) is 13.5. The van der Waals surface area contributed by atoms with E-state index >= 15 is 0 Å². The van der Waals surface area contributed by atoms with Crippen LogP contribution in [0.2, 0.25) is 0 Å². The molecule has 1 saturated heterocycles. The average Bonchev–Trinajstić information content (AvgIpc) is 2.27. The molecule has 1 aliphatic heterocycles. The molecule has 0 unspecified atom stereocenters. The lowest BCUT2D eigenvalue weighted by Crippen LogP contribution is -2.47. The second-order valence-corrected chi connectivity index (χ2v) is 5.85. The standard InChI is InChI=1S/C14H23NO4/c1-13(2,3)19-12(16)15-9-7-14(17,8-10-15)6-5-11-18-4/h17H,6-10H2,1-4H3. The second-order valence-electron chi connectivity index (χ2n) is 5.85. The first-order valence-electron chi connectivity index (χ1n) is 6.47. The van der Waals surface area contributed by atoms with Gasteiger partial charge in [-0.2, -0.15) is 0 Å². The highest BCUT2D eigenvalue weighted by molar-refractivity contribution is 5.68. The van der Waals surface area contributed by atoms with Gasteiger partial charge in [-0.3, -0.25) is 0 Å². The third kappa shape index (κ3) is 5.39. The Morgan fingerprint density at radius 1 is 1.37 bits per heavy atom. The van der Waals surface area contributed by atoms with Gasteiger partial charge in [0.2, 0.25) is 0 Å². The van der Waals surface area contributed by atoms with Crippen molar-refractivity contribution in [3.63, 3.8) is 0 Å². The van der Waals surface area contributed by atoms with Gasteiger partial charge in [0.15, 0.2) is 0 Å². The van der Waals surface area contributed by atoms with Crippen molar-refractivity contribution in [1.82, 2.24) is 4.90 Å². The smallest absolute Gasteiger partial charge is 0.410 e. The lowest BCUT2D eigenvalue weighted by atomic mass is 9.89. The van der Waals surface area contributed by atoms with Crippen LogP contribution in [0.25, 0.3) is 0 Å². The SMILES string of the molecule is COC#CCC1(O)CCN(C(=O)OC(C)(C)C)CC1. The average molecular weight is 269 g/mol. The summed E-state index contributed by atoms with van der Waals surface area (Å²) in [5, 5.41) is 10.3. The molecule has 1 rings (SSSR count). The molecule has 0 saturated carbocycles. The van der Waals surface area contributed by atoms with E-state index in [1.165, 1.54) is 7.11 Å². The number of hydrogen-bond donors (Lipinski definition) is 1. The predicted molar refractivity (Wildman–Crippen MR) is 71.4 cm³/mol. The van der Waals surface area contributed by atoms with E-state index in [1.54, 1.807) is 4.90 Å². The molecule has 1 N–H and O–H groups in total. The molecule has 5 heteroatoms. The van der Waals surface area contributed by atoms with Gasteiger partial charge >= 0.3 is 6.09 Å². The van der Waals surface area contributed by atoms with Crippen molar-refractivity contribution < 1.29 is 19.4 Å². The third-order valence-electron chi connectivity index (χ3n) is 2.94. The number of carbonyl (C=O) groups is 1. The third-order valence-corrected chi connectivity index (χ3v) is 2.94. The molecule has 5 nitrogen and oxygen atoms in total. The van der Waals surface area contributed by atoms with Gasteiger partial charge in [-0.15, -0.1) is 0 Å². The van der Waals surface area contributed by atoms with Gasteiger partial charge < -0.3 is 19.5 Å². The number of hydrogen-bond acceptors (Lipinski definition) is 4. The van der Waals surface area contributed by atoms with Crippen LogP contribution in [0.4, 0.5) is 4.79 Å². The van der Waals surface area contributed by atoms with Crippen molar-refractivity contribution >= 4 is 6.09 Å². The summed E-state index contributed by atoms with van der Waals surface area (Å²) < 4.78 is 9.94. The number of amides is 1. The number of likely N-dealkylation sites (tertiary alicyclic amines) is 1. The van der Waals surface area contributed by atoms with Gasteiger partial charge in [0, 0.05) is 19.5 Å². The molecular formula is C14H23NO4. The van der Waals surface area contributed by atoms with Gasteiger partial charge in [0.05, 0.1) is 12.7 Å². The van der Waals surface area contributed by atoms with Crippen molar-refractivity contribution in [2.45, 2.75) is 51.2 Å². The van der Waals surface area contributed by atoms with E-state index in [1.807, 2.05) is 20.8 Å². The molecule has 1 fully saturated rings. The Balaban J connectivity index is 2.46. The quantitative estimate of drug-likeness (QED) is 0.737. The summed E-state index contributed by atoms with van der Waals surface area (Å²) in [7, 11) is 1.49. The first-order chi connectivity index (χ1) is 8.76. The lowest BCUT2D eigenvalue weighted by molar-refractivity contribution is -0.0290. The summed E-state index contributed by atoms with van der Waals surface area (Å²) in [6, 6.07) is 0. The normalized spacial score (nSPS) is 18.3. The minimum absolute atomic E-state index is 0.322. The Morgan fingerprint density at radius 2 is 1.95 bits per heavy atom. The van der Waals surface area contributed by atoms with Crippen LogP contribution in [0.15, 0.2) is 0 Å². The molecule has 0 radical (unpaired) electrons. The number of nitrogens with zero attached hydrogens (tertiary/aromatic N) is 1. The molecule has 19 heavy (non-hydrogen) atoms. The van der Waals surface area contributed by atoms with Crippen LogP contribution in [-0.4, -0.2) is 47.5 Å². The van der Waals surface area contributed by atoms with Crippen molar-refractivity contribution in [1.29, 1.82) is 0 Å². The number of rotatable bonds is 1. The highest BCUT2D eigenvalue weighted by Crippen LogP contribution is 2.26. The van der Waals surface area contributed by atoms with Crippen LogP contribution in [0.5, 0.6) is 0 Å². The molecule has 0 atom stereocenters. The Bertz CT molecular complexity index is 367. The molecule has 0 aromatic heterocycles. The van der Waals surface area contributed by atoms with Crippen LogP contribution >= 0.6 is 0 Å². The molecule has 0 aromatic carbocycles. The number of ether oxygens (including phenoxy) is 2. The van der Waals surface area contributed by atoms with Crippen molar-refractivity contribution in [2.24, 2.45) is 0 Å². The lowest BCUT2D eigenvalue weighted by Gasteiger charge is -2.37. The maximum absolute atomic E-state index is 11.9. The van der Waals surface area contributed by atoms with Crippen LogP contribution in [0.3, 0.4) is 0 Å². The fourth-order valence-corrected chi connectivity index (χ4v) is 1.88. The zero-order chi connectivity index (χ0) is 14.5. The fraction of sp³-hybridized carbons (Fsp3) is 0.786. The van der Waals surface area contributed by atoms with E-state index in [0.717, 1.165) is 0 Å². The van der Waals surface area contributed by atoms with E-state index in [-0.39, 0.29) is 6.09 Å². The largest absolute Gasteiger partial charge is 0.450 e. The Morgan fingerprint density at radius 3 is 2.42 bits per heavy atom. The highest BCUT2D eigenvalue weighted by Gasteiger charge is 2.34. The van der Waals surface area contributed by atoms with E-state index in [2.05, 4.69) is 16.8 Å². The summed E-state index contributed by atoms with van der Waals surface area (Å²) in [6.07, 6.45) is 3.52.